The Balaban J connectivity index is 2.09. The van der Waals surface area contributed by atoms with E-state index in [1.54, 1.807) is 7.11 Å². The zero-order chi connectivity index (χ0) is 18.0. The fourth-order valence-corrected chi connectivity index (χ4v) is 3.28. The summed E-state index contributed by atoms with van der Waals surface area (Å²) in [5.41, 5.74) is 1.19. The van der Waals surface area contributed by atoms with Crippen molar-refractivity contribution >= 4 is 22.2 Å². The molecule has 2 heterocycles. The van der Waals surface area contributed by atoms with E-state index in [4.69, 9.17) is 4.74 Å². The van der Waals surface area contributed by atoms with Crippen LogP contribution in [0.4, 0.5) is 0 Å². The number of methoxy groups -OCH3 is 1. The first-order valence-corrected chi connectivity index (χ1v) is 8.81. The van der Waals surface area contributed by atoms with Crippen molar-refractivity contribution in [1.82, 2.24) is 14.7 Å². The number of thiazole rings is 1. The number of aromatic nitrogens is 2. The average molecular weight is 357 g/mol. The van der Waals surface area contributed by atoms with E-state index in [0.717, 1.165) is 5.56 Å². The largest absolute Gasteiger partial charge is 0.497 e. The molecule has 0 fully saturated rings. The highest BCUT2D eigenvalue weighted by Gasteiger charge is 2.17. The Kier molecular flexibility index (Phi) is 4.85. The second kappa shape index (κ2) is 7.06. The van der Waals surface area contributed by atoms with Crippen LogP contribution >= 0.6 is 11.3 Å². The zero-order valence-corrected chi connectivity index (χ0v) is 15.1. The second-order valence-corrected chi connectivity index (χ2v) is 6.89. The van der Waals surface area contributed by atoms with Crippen LogP contribution in [0.15, 0.2) is 40.6 Å². The van der Waals surface area contributed by atoms with Crippen molar-refractivity contribution in [2.75, 3.05) is 13.7 Å². The third-order valence-corrected chi connectivity index (χ3v) is 4.57. The summed E-state index contributed by atoms with van der Waals surface area (Å²) in [6, 6.07) is 7.43. The Morgan fingerprint density at radius 2 is 2.20 bits per heavy atom. The van der Waals surface area contributed by atoms with Crippen molar-refractivity contribution in [2.24, 2.45) is 5.92 Å². The summed E-state index contributed by atoms with van der Waals surface area (Å²) < 4.78 is 6.72. The van der Waals surface area contributed by atoms with Crippen LogP contribution < -0.4 is 15.6 Å². The van der Waals surface area contributed by atoms with Gasteiger partial charge in [-0.1, -0.05) is 26.0 Å². The van der Waals surface area contributed by atoms with E-state index in [1.807, 2.05) is 43.5 Å². The monoisotopic (exact) mass is 357 g/mol. The number of hydrogen-bond donors (Lipinski definition) is 1. The summed E-state index contributed by atoms with van der Waals surface area (Å²) in [5, 5.41) is 4.62. The van der Waals surface area contributed by atoms with Crippen LogP contribution in [-0.2, 0) is 0 Å². The van der Waals surface area contributed by atoms with E-state index in [0.29, 0.717) is 28.9 Å². The number of nitrogens with one attached hydrogen (secondary N) is 1. The molecule has 130 valence electrons. The highest BCUT2D eigenvalue weighted by molar-refractivity contribution is 7.15. The van der Waals surface area contributed by atoms with Crippen LogP contribution in [0.25, 0.3) is 16.2 Å². The lowest BCUT2D eigenvalue weighted by molar-refractivity contribution is 0.0947. The number of carbonyl (C=O) groups excluding carboxylic acids is 1. The molecule has 0 unspecified atom stereocenters. The number of hydrogen-bond acceptors (Lipinski definition) is 5. The Bertz CT molecular complexity index is 975. The fourth-order valence-electron chi connectivity index (χ4n) is 2.42. The highest BCUT2D eigenvalue weighted by atomic mass is 32.1. The van der Waals surface area contributed by atoms with E-state index in [9.17, 15) is 9.59 Å². The van der Waals surface area contributed by atoms with Gasteiger partial charge in [-0.15, -0.1) is 11.3 Å². The average Bonchev–Trinajstić information content (AvgIpc) is 3.05. The van der Waals surface area contributed by atoms with Gasteiger partial charge in [0.2, 0.25) is 0 Å². The van der Waals surface area contributed by atoms with Gasteiger partial charge in [-0.05, 0) is 18.1 Å². The molecule has 3 rings (SSSR count). The van der Waals surface area contributed by atoms with Crippen LogP contribution in [0.1, 0.15) is 24.2 Å². The standard InChI is InChI=1S/C18H19N3O3S/c1-11(2)8-19-16(22)14-9-20-18-21(17(14)23)15(10-25-18)12-5-4-6-13(7-12)24-3/h4-7,9-11H,8H2,1-3H3,(H,19,22). The van der Waals surface area contributed by atoms with E-state index in [-0.39, 0.29) is 11.1 Å². The number of rotatable bonds is 5. The first-order valence-electron chi connectivity index (χ1n) is 7.93. The molecule has 1 aromatic carbocycles. The summed E-state index contributed by atoms with van der Waals surface area (Å²) in [6.45, 7) is 4.50. The molecule has 1 amide bonds. The predicted octanol–water partition coefficient (Wildman–Crippen LogP) is 2.82. The lowest BCUT2D eigenvalue weighted by atomic mass is 10.1. The molecule has 1 N–H and O–H groups in total. The van der Waals surface area contributed by atoms with Gasteiger partial charge in [0.25, 0.3) is 11.5 Å². The molecule has 25 heavy (non-hydrogen) atoms. The maximum Gasteiger partial charge on any atom is 0.271 e. The van der Waals surface area contributed by atoms with Crippen molar-refractivity contribution in [3.8, 4) is 17.0 Å². The number of benzene rings is 1. The molecule has 0 aliphatic rings. The van der Waals surface area contributed by atoms with Crippen molar-refractivity contribution in [1.29, 1.82) is 0 Å². The van der Waals surface area contributed by atoms with E-state index in [1.165, 1.54) is 21.9 Å². The molecule has 6 nitrogen and oxygen atoms in total. The zero-order valence-electron chi connectivity index (χ0n) is 14.3. The Hall–Kier alpha value is -2.67. The first-order chi connectivity index (χ1) is 12.0. The minimum atomic E-state index is -0.400. The molecule has 0 radical (unpaired) electrons. The van der Waals surface area contributed by atoms with E-state index in [2.05, 4.69) is 10.3 Å². The van der Waals surface area contributed by atoms with Gasteiger partial charge in [0, 0.05) is 23.7 Å². The lowest BCUT2D eigenvalue weighted by Crippen LogP contribution is -2.33. The number of nitrogens with zero attached hydrogens (tertiary/aromatic N) is 2. The molecule has 7 heteroatoms. The van der Waals surface area contributed by atoms with Crippen molar-refractivity contribution in [3.63, 3.8) is 0 Å². The maximum atomic E-state index is 12.9. The van der Waals surface area contributed by atoms with Crippen LogP contribution in [-0.4, -0.2) is 28.9 Å². The maximum absolute atomic E-state index is 12.9. The minimum Gasteiger partial charge on any atom is -0.497 e. The van der Waals surface area contributed by atoms with Gasteiger partial charge in [0.15, 0.2) is 4.96 Å². The van der Waals surface area contributed by atoms with Gasteiger partial charge >= 0.3 is 0 Å². The van der Waals surface area contributed by atoms with E-state index < -0.39 is 5.91 Å². The normalized spacial score (nSPS) is 11.0. The SMILES string of the molecule is COc1cccc(-c2csc3ncc(C(=O)NCC(C)C)c(=O)n23)c1. The lowest BCUT2D eigenvalue weighted by Gasteiger charge is -2.08. The molecule has 0 saturated carbocycles. The smallest absolute Gasteiger partial charge is 0.271 e. The molecular weight excluding hydrogens is 338 g/mol. The van der Waals surface area contributed by atoms with Gasteiger partial charge in [0.05, 0.1) is 12.8 Å². The third kappa shape index (κ3) is 3.41. The van der Waals surface area contributed by atoms with Crippen molar-refractivity contribution in [3.05, 3.63) is 51.8 Å². The Morgan fingerprint density at radius 1 is 1.40 bits per heavy atom. The molecule has 2 aromatic heterocycles. The quantitative estimate of drug-likeness (QED) is 0.762. The Morgan fingerprint density at radius 3 is 2.92 bits per heavy atom. The van der Waals surface area contributed by atoms with Gasteiger partial charge in [-0.2, -0.15) is 0 Å². The number of fused-ring (bicyclic) bond motifs is 1. The molecule has 0 atom stereocenters. The number of ether oxygens (including phenoxy) is 1. The Labute approximate surface area is 149 Å². The molecular formula is C18H19N3O3S. The molecule has 0 spiro atoms. The molecule has 3 aromatic rings. The van der Waals surface area contributed by atoms with Crippen LogP contribution in [0, 0.1) is 5.92 Å². The molecule has 0 saturated heterocycles. The van der Waals surface area contributed by atoms with Gasteiger partial charge in [0.1, 0.15) is 11.3 Å². The summed E-state index contributed by atoms with van der Waals surface area (Å²) in [4.78, 5) is 30.0. The fraction of sp³-hybridized carbons (Fsp3) is 0.278. The van der Waals surface area contributed by atoms with Crippen LogP contribution in [0.5, 0.6) is 5.75 Å². The summed E-state index contributed by atoms with van der Waals surface area (Å²) in [5.74, 6) is 0.601. The number of amides is 1. The van der Waals surface area contributed by atoms with Gasteiger partial charge < -0.3 is 10.1 Å². The summed E-state index contributed by atoms with van der Waals surface area (Å²) in [7, 11) is 1.59. The minimum absolute atomic E-state index is 0.0423. The number of carbonyl (C=O) groups is 1. The summed E-state index contributed by atoms with van der Waals surface area (Å²) >= 11 is 1.35. The first kappa shape index (κ1) is 17.2. The second-order valence-electron chi connectivity index (χ2n) is 6.05. The van der Waals surface area contributed by atoms with Crippen LogP contribution in [0.2, 0.25) is 0 Å². The summed E-state index contributed by atoms with van der Waals surface area (Å²) in [6.07, 6.45) is 1.35. The molecule has 0 bridgehead atoms. The third-order valence-electron chi connectivity index (χ3n) is 3.73. The topological polar surface area (TPSA) is 72.7 Å². The van der Waals surface area contributed by atoms with Gasteiger partial charge in [-0.25, -0.2) is 4.98 Å². The highest BCUT2D eigenvalue weighted by Crippen LogP contribution is 2.26. The van der Waals surface area contributed by atoms with Gasteiger partial charge in [-0.3, -0.25) is 14.0 Å². The molecule has 0 aliphatic carbocycles. The predicted molar refractivity (Wildman–Crippen MR) is 98.5 cm³/mol. The van der Waals surface area contributed by atoms with Crippen molar-refractivity contribution < 1.29 is 9.53 Å². The van der Waals surface area contributed by atoms with E-state index >= 15 is 0 Å². The van der Waals surface area contributed by atoms with Crippen molar-refractivity contribution in [2.45, 2.75) is 13.8 Å². The molecule has 0 aliphatic heterocycles. The van der Waals surface area contributed by atoms with Crippen LogP contribution in [0.3, 0.4) is 0 Å².